The van der Waals surface area contributed by atoms with E-state index in [0.717, 1.165) is 45.1 Å². The van der Waals surface area contributed by atoms with Crippen LogP contribution >= 0.6 is 11.6 Å². The fourth-order valence-electron chi connectivity index (χ4n) is 3.69. The van der Waals surface area contributed by atoms with Crippen LogP contribution in [0.5, 0.6) is 17.2 Å². The van der Waals surface area contributed by atoms with Crippen molar-refractivity contribution in [3.8, 4) is 39.6 Å². The van der Waals surface area contributed by atoms with E-state index in [1.54, 1.807) is 0 Å². The molecule has 0 amide bonds. The average molecular weight is 433 g/mol. The highest BCUT2D eigenvalue weighted by Crippen LogP contribution is 2.40. The molecule has 0 aliphatic carbocycles. The molecule has 2 heterocycles. The first-order chi connectivity index (χ1) is 15.2. The van der Waals surface area contributed by atoms with Gasteiger partial charge in [0.05, 0.1) is 5.02 Å². The Morgan fingerprint density at radius 3 is 2.52 bits per heavy atom. The molecule has 3 aromatic carbocycles. The molecule has 1 aliphatic rings. The molecular weight excluding hydrogens is 412 g/mol. The smallest absolute Gasteiger partial charge is 0.161 e. The third kappa shape index (κ3) is 3.97. The van der Waals surface area contributed by atoms with Gasteiger partial charge in [-0.25, -0.2) is 0 Å². The number of hydrogen-bond donors (Lipinski definition) is 1. The van der Waals surface area contributed by atoms with E-state index >= 15 is 0 Å². The van der Waals surface area contributed by atoms with Gasteiger partial charge in [0, 0.05) is 16.8 Å². The minimum absolute atomic E-state index is 0.462. The molecule has 0 unspecified atom stereocenters. The van der Waals surface area contributed by atoms with Gasteiger partial charge in [-0.3, -0.25) is 5.10 Å². The number of benzene rings is 3. The summed E-state index contributed by atoms with van der Waals surface area (Å²) in [6, 6.07) is 21.7. The summed E-state index contributed by atoms with van der Waals surface area (Å²) in [5.74, 6) is 2.15. The van der Waals surface area contributed by atoms with Crippen LogP contribution in [0.1, 0.15) is 11.3 Å². The van der Waals surface area contributed by atoms with Gasteiger partial charge in [-0.15, -0.1) is 0 Å². The van der Waals surface area contributed by atoms with Crippen LogP contribution in [-0.2, 0) is 6.61 Å². The van der Waals surface area contributed by atoms with Gasteiger partial charge in [0.15, 0.2) is 11.5 Å². The third-order valence-corrected chi connectivity index (χ3v) is 5.52. The minimum Gasteiger partial charge on any atom is -0.487 e. The highest BCUT2D eigenvalue weighted by molar-refractivity contribution is 6.32. The predicted octanol–water partition coefficient (Wildman–Crippen LogP) is 6.06. The van der Waals surface area contributed by atoms with Crippen LogP contribution < -0.4 is 14.2 Å². The SMILES string of the molecule is Cc1[nH]nc(-c2ccc(OCc3ccccc3)c(Cl)c2)c1-c1ccc2c(c1)OCCO2. The zero-order valence-corrected chi connectivity index (χ0v) is 17.8. The second-order valence-corrected chi connectivity index (χ2v) is 7.76. The zero-order valence-electron chi connectivity index (χ0n) is 17.0. The molecule has 6 heteroatoms. The molecule has 1 aromatic heterocycles. The first-order valence-corrected chi connectivity index (χ1v) is 10.5. The van der Waals surface area contributed by atoms with Crippen LogP contribution in [0.2, 0.25) is 5.02 Å². The lowest BCUT2D eigenvalue weighted by molar-refractivity contribution is 0.171. The van der Waals surface area contributed by atoms with Gasteiger partial charge in [0.2, 0.25) is 0 Å². The summed E-state index contributed by atoms with van der Waals surface area (Å²) >= 11 is 6.55. The van der Waals surface area contributed by atoms with Crippen molar-refractivity contribution < 1.29 is 14.2 Å². The molecule has 0 bridgehead atoms. The van der Waals surface area contributed by atoms with Gasteiger partial charge in [-0.2, -0.15) is 5.10 Å². The number of rotatable bonds is 5. The summed E-state index contributed by atoms with van der Waals surface area (Å²) in [5, 5.41) is 8.18. The van der Waals surface area contributed by atoms with E-state index in [0.29, 0.717) is 30.6 Å². The molecule has 31 heavy (non-hydrogen) atoms. The molecule has 5 rings (SSSR count). The van der Waals surface area contributed by atoms with E-state index in [1.807, 2.05) is 73.7 Å². The lowest BCUT2D eigenvalue weighted by Crippen LogP contribution is -2.15. The molecule has 0 saturated heterocycles. The maximum Gasteiger partial charge on any atom is 0.161 e. The number of fused-ring (bicyclic) bond motifs is 1. The van der Waals surface area contributed by atoms with Crippen LogP contribution in [-0.4, -0.2) is 23.4 Å². The summed E-state index contributed by atoms with van der Waals surface area (Å²) in [6.45, 7) is 3.58. The van der Waals surface area contributed by atoms with Gasteiger partial charge in [-0.05, 0) is 48.4 Å². The summed E-state index contributed by atoms with van der Waals surface area (Å²) in [4.78, 5) is 0. The maximum atomic E-state index is 6.55. The highest BCUT2D eigenvalue weighted by atomic mass is 35.5. The maximum absolute atomic E-state index is 6.55. The molecule has 1 aliphatic heterocycles. The average Bonchev–Trinajstić information content (AvgIpc) is 3.20. The number of nitrogens with one attached hydrogen (secondary N) is 1. The van der Waals surface area contributed by atoms with Gasteiger partial charge < -0.3 is 14.2 Å². The van der Waals surface area contributed by atoms with Crippen molar-refractivity contribution in [1.82, 2.24) is 10.2 Å². The predicted molar refractivity (Wildman–Crippen MR) is 121 cm³/mol. The Bertz CT molecular complexity index is 1220. The molecule has 5 nitrogen and oxygen atoms in total. The second-order valence-electron chi connectivity index (χ2n) is 7.35. The summed E-state index contributed by atoms with van der Waals surface area (Å²) in [7, 11) is 0. The van der Waals surface area contributed by atoms with Gasteiger partial charge in [0.1, 0.15) is 31.3 Å². The Morgan fingerprint density at radius 2 is 1.71 bits per heavy atom. The minimum atomic E-state index is 0.462. The molecule has 0 atom stereocenters. The van der Waals surface area contributed by atoms with E-state index in [2.05, 4.69) is 10.2 Å². The van der Waals surface area contributed by atoms with E-state index in [1.165, 1.54) is 0 Å². The molecule has 0 spiro atoms. The van der Waals surface area contributed by atoms with Crippen LogP contribution in [0.3, 0.4) is 0 Å². The lowest BCUT2D eigenvalue weighted by atomic mass is 9.98. The number of aromatic nitrogens is 2. The monoisotopic (exact) mass is 432 g/mol. The Labute approximate surface area is 185 Å². The van der Waals surface area contributed by atoms with Gasteiger partial charge in [0.25, 0.3) is 0 Å². The van der Waals surface area contributed by atoms with Crippen molar-refractivity contribution >= 4 is 11.6 Å². The van der Waals surface area contributed by atoms with E-state index in [-0.39, 0.29) is 0 Å². The number of H-pyrrole nitrogens is 1. The van der Waals surface area contributed by atoms with Crippen molar-refractivity contribution in [3.05, 3.63) is 83.0 Å². The standard InChI is InChI=1S/C25H21ClN2O3/c1-16-24(18-7-10-22-23(14-18)30-12-11-29-22)25(28-27-16)19-8-9-21(20(26)13-19)31-15-17-5-3-2-4-6-17/h2-10,13-14H,11-12,15H2,1H3,(H,27,28). The third-order valence-electron chi connectivity index (χ3n) is 5.22. The van der Waals surface area contributed by atoms with Crippen molar-refractivity contribution in [2.24, 2.45) is 0 Å². The zero-order chi connectivity index (χ0) is 21.2. The molecular formula is C25H21ClN2O3. The van der Waals surface area contributed by atoms with E-state index in [4.69, 9.17) is 25.8 Å². The quantitative estimate of drug-likeness (QED) is 0.416. The van der Waals surface area contributed by atoms with Crippen molar-refractivity contribution in [1.29, 1.82) is 0 Å². The summed E-state index contributed by atoms with van der Waals surface area (Å²) in [6.07, 6.45) is 0. The fourth-order valence-corrected chi connectivity index (χ4v) is 3.93. The Kier molecular flexibility index (Phi) is 5.26. The van der Waals surface area contributed by atoms with Crippen molar-refractivity contribution in [2.75, 3.05) is 13.2 Å². The number of aromatic amines is 1. The number of nitrogens with zero attached hydrogens (tertiary/aromatic N) is 1. The highest BCUT2D eigenvalue weighted by Gasteiger charge is 2.19. The molecule has 156 valence electrons. The van der Waals surface area contributed by atoms with Crippen LogP contribution in [0.4, 0.5) is 0 Å². The second kappa shape index (κ2) is 8.36. The normalized spacial score (nSPS) is 12.6. The largest absolute Gasteiger partial charge is 0.487 e. The first kappa shape index (κ1) is 19.5. The molecule has 1 N–H and O–H groups in total. The number of hydrogen-bond acceptors (Lipinski definition) is 4. The number of halogens is 1. The number of aryl methyl sites for hydroxylation is 1. The molecule has 0 radical (unpaired) electrons. The number of ether oxygens (including phenoxy) is 3. The first-order valence-electron chi connectivity index (χ1n) is 10.1. The van der Waals surface area contributed by atoms with Gasteiger partial charge >= 0.3 is 0 Å². The molecule has 4 aromatic rings. The van der Waals surface area contributed by atoms with E-state index in [9.17, 15) is 0 Å². The Balaban J connectivity index is 1.44. The van der Waals surface area contributed by atoms with Crippen molar-refractivity contribution in [2.45, 2.75) is 13.5 Å². The fraction of sp³-hybridized carbons (Fsp3) is 0.160. The molecule has 0 fully saturated rings. The van der Waals surface area contributed by atoms with Crippen molar-refractivity contribution in [3.63, 3.8) is 0 Å². The van der Waals surface area contributed by atoms with Crippen LogP contribution in [0, 0.1) is 6.92 Å². The topological polar surface area (TPSA) is 56.4 Å². The summed E-state index contributed by atoms with van der Waals surface area (Å²) < 4.78 is 17.3. The van der Waals surface area contributed by atoms with E-state index < -0.39 is 0 Å². The van der Waals surface area contributed by atoms with Gasteiger partial charge in [-0.1, -0.05) is 48.0 Å². The Morgan fingerprint density at radius 1 is 0.935 bits per heavy atom. The van der Waals surface area contributed by atoms with Crippen LogP contribution in [0.25, 0.3) is 22.4 Å². The van der Waals surface area contributed by atoms with Crippen LogP contribution in [0.15, 0.2) is 66.7 Å². The molecule has 0 saturated carbocycles. The Hall–Kier alpha value is -3.44. The lowest BCUT2D eigenvalue weighted by Gasteiger charge is -2.19. The summed E-state index contributed by atoms with van der Waals surface area (Å²) in [5.41, 5.74) is 5.80.